The Hall–Kier alpha value is -3.97. The van der Waals surface area contributed by atoms with Crippen molar-refractivity contribution in [3.05, 3.63) is 94.5 Å². The van der Waals surface area contributed by atoms with E-state index >= 15 is 0 Å². The maximum Gasteiger partial charge on any atom is 0.335 e. The second-order valence-electron chi connectivity index (χ2n) is 7.84. The Balaban J connectivity index is 1.71. The molecule has 4 aromatic rings. The van der Waals surface area contributed by atoms with Crippen molar-refractivity contribution >= 4 is 39.8 Å². The number of carboxylic acid groups (broad SMARTS) is 1. The monoisotopic (exact) mass is 457 g/mol. The number of aromatic nitrogens is 1. The average Bonchev–Trinajstić information content (AvgIpc) is 3.11. The van der Waals surface area contributed by atoms with Gasteiger partial charge in [0.05, 0.1) is 22.4 Å². The number of carboxylic acids is 1. The number of fused-ring (bicyclic) bond motifs is 1. The van der Waals surface area contributed by atoms with Crippen LogP contribution in [0.25, 0.3) is 16.6 Å². The maximum absolute atomic E-state index is 11.2. The summed E-state index contributed by atoms with van der Waals surface area (Å²) < 4.78 is 1.82. The molecule has 33 heavy (non-hydrogen) atoms. The van der Waals surface area contributed by atoms with Gasteiger partial charge in [0.25, 0.3) is 0 Å². The number of aromatic hydroxyl groups is 1. The highest BCUT2D eigenvalue weighted by molar-refractivity contribution is 7.80. The van der Waals surface area contributed by atoms with Gasteiger partial charge in [-0.15, -0.1) is 0 Å². The molecule has 0 saturated heterocycles. The first-order chi connectivity index (χ1) is 15.8. The SMILES string of the molecule is CC(=NNC(=S)c1ccc(C(=O)O)cc1)c1c(O)n(-c2ccc(C)c(C)c2)c2ccccc12. The lowest BCUT2D eigenvalue weighted by atomic mass is 10.1. The van der Waals surface area contributed by atoms with Gasteiger partial charge in [0.1, 0.15) is 4.99 Å². The highest BCUT2D eigenvalue weighted by Gasteiger charge is 2.20. The van der Waals surface area contributed by atoms with Gasteiger partial charge in [-0.1, -0.05) is 48.6 Å². The molecule has 0 atom stereocenters. The van der Waals surface area contributed by atoms with Crippen LogP contribution >= 0.6 is 12.2 Å². The third-order valence-corrected chi connectivity index (χ3v) is 6.01. The first kappa shape index (κ1) is 22.2. The van der Waals surface area contributed by atoms with Crippen LogP contribution in [0, 0.1) is 13.8 Å². The number of aryl methyl sites for hydroxylation is 2. The summed E-state index contributed by atoms with van der Waals surface area (Å²) in [5.74, 6) is -0.899. The van der Waals surface area contributed by atoms with Crippen LogP contribution in [-0.4, -0.2) is 31.4 Å². The number of benzene rings is 3. The third-order valence-electron chi connectivity index (χ3n) is 5.68. The molecule has 0 bridgehead atoms. The second-order valence-corrected chi connectivity index (χ2v) is 8.25. The van der Waals surface area contributed by atoms with Gasteiger partial charge in [-0.05, 0) is 62.2 Å². The fourth-order valence-electron chi connectivity index (χ4n) is 3.73. The van der Waals surface area contributed by atoms with E-state index < -0.39 is 5.97 Å². The predicted molar refractivity (Wildman–Crippen MR) is 135 cm³/mol. The molecule has 166 valence electrons. The minimum atomic E-state index is -0.995. The zero-order valence-corrected chi connectivity index (χ0v) is 19.3. The summed E-state index contributed by atoms with van der Waals surface area (Å²) in [6.45, 7) is 5.90. The molecule has 6 nitrogen and oxygen atoms in total. The van der Waals surface area contributed by atoms with Crippen LogP contribution in [0.5, 0.6) is 5.88 Å². The molecule has 0 aliphatic rings. The Bertz CT molecular complexity index is 1420. The van der Waals surface area contributed by atoms with Gasteiger partial charge >= 0.3 is 5.97 Å². The number of rotatable bonds is 5. The Morgan fingerprint density at radius 3 is 2.30 bits per heavy atom. The Kier molecular flexibility index (Phi) is 5.98. The van der Waals surface area contributed by atoms with Crippen molar-refractivity contribution in [2.75, 3.05) is 0 Å². The summed E-state index contributed by atoms with van der Waals surface area (Å²) in [6.07, 6.45) is 0. The highest BCUT2D eigenvalue weighted by atomic mass is 32.1. The largest absolute Gasteiger partial charge is 0.494 e. The number of para-hydroxylation sites is 1. The number of carbonyl (C=O) groups is 1. The molecule has 0 aliphatic heterocycles. The normalized spacial score (nSPS) is 11.5. The lowest BCUT2D eigenvalue weighted by molar-refractivity contribution is 0.0697. The lowest BCUT2D eigenvalue weighted by Crippen LogP contribution is -2.18. The molecule has 0 fully saturated rings. The summed E-state index contributed by atoms with van der Waals surface area (Å²) >= 11 is 5.40. The smallest absolute Gasteiger partial charge is 0.335 e. The molecule has 0 unspecified atom stereocenters. The van der Waals surface area contributed by atoms with Crippen molar-refractivity contribution in [1.82, 2.24) is 9.99 Å². The van der Waals surface area contributed by atoms with Crippen molar-refractivity contribution < 1.29 is 15.0 Å². The van der Waals surface area contributed by atoms with Crippen LogP contribution in [0.4, 0.5) is 0 Å². The molecular formula is C26H23N3O3S. The number of hydrazone groups is 1. The van der Waals surface area contributed by atoms with Crippen molar-refractivity contribution in [1.29, 1.82) is 0 Å². The van der Waals surface area contributed by atoms with E-state index in [0.717, 1.165) is 22.2 Å². The summed E-state index contributed by atoms with van der Waals surface area (Å²) in [6, 6.07) is 20.1. The van der Waals surface area contributed by atoms with Gasteiger partial charge in [-0.2, -0.15) is 5.10 Å². The molecule has 3 N–H and O–H groups in total. The van der Waals surface area contributed by atoms with Gasteiger partial charge in [0, 0.05) is 16.6 Å². The van der Waals surface area contributed by atoms with E-state index in [1.54, 1.807) is 19.1 Å². The standard InChI is InChI=1S/C26H23N3O3S/c1-15-8-13-20(14-16(15)2)29-22-7-5-4-6-21(22)23(25(29)30)17(3)27-28-24(33)18-9-11-19(12-10-18)26(31)32/h4-14,30H,1-3H3,(H,28,33)(H,31,32). The Morgan fingerprint density at radius 1 is 0.970 bits per heavy atom. The molecule has 4 rings (SSSR count). The number of thiocarbonyl (C=S) groups is 1. The first-order valence-corrected chi connectivity index (χ1v) is 10.8. The van der Waals surface area contributed by atoms with Gasteiger partial charge < -0.3 is 10.2 Å². The van der Waals surface area contributed by atoms with Gasteiger partial charge in [0.2, 0.25) is 5.88 Å². The number of nitrogens with one attached hydrogen (secondary N) is 1. The van der Waals surface area contributed by atoms with E-state index in [4.69, 9.17) is 17.3 Å². The topological polar surface area (TPSA) is 86.8 Å². The van der Waals surface area contributed by atoms with Crippen molar-refractivity contribution in [2.24, 2.45) is 5.10 Å². The van der Waals surface area contributed by atoms with Gasteiger partial charge in [0.15, 0.2) is 0 Å². The molecule has 0 amide bonds. The fraction of sp³-hybridized carbons (Fsp3) is 0.115. The van der Waals surface area contributed by atoms with Crippen LogP contribution < -0.4 is 5.43 Å². The van der Waals surface area contributed by atoms with E-state index in [0.29, 0.717) is 21.8 Å². The molecule has 3 aromatic carbocycles. The lowest BCUT2D eigenvalue weighted by Gasteiger charge is -2.10. The quantitative estimate of drug-likeness (QED) is 0.214. The van der Waals surface area contributed by atoms with E-state index in [-0.39, 0.29) is 11.4 Å². The maximum atomic E-state index is 11.2. The summed E-state index contributed by atoms with van der Waals surface area (Å²) in [5, 5.41) is 25.6. The zero-order valence-electron chi connectivity index (χ0n) is 18.5. The second kappa shape index (κ2) is 8.88. The Morgan fingerprint density at radius 2 is 1.64 bits per heavy atom. The number of hydrogen-bond donors (Lipinski definition) is 3. The van der Waals surface area contributed by atoms with Crippen molar-refractivity contribution in [3.63, 3.8) is 0 Å². The minimum Gasteiger partial charge on any atom is -0.494 e. The van der Waals surface area contributed by atoms with Crippen molar-refractivity contribution in [2.45, 2.75) is 20.8 Å². The summed E-state index contributed by atoms with van der Waals surface area (Å²) in [4.78, 5) is 11.4. The van der Waals surface area contributed by atoms with E-state index in [2.05, 4.69) is 17.5 Å². The summed E-state index contributed by atoms with van der Waals surface area (Å²) in [5.41, 5.74) is 8.92. The molecule has 0 saturated carbocycles. The molecule has 0 radical (unpaired) electrons. The van der Waals surface area contributed by atoms with Crippen LogP contribution in [0.2, 0.25) is 0 Å². The van der Waals surface area contributed by atoms with Gasteiger partial charge in [-0.25, -0.2) is 4.79 Å². The van der Waals surface area contributed by atoms with Crippen LogP contribution in [-0.2, 0) is 0 Å². The average molecular weight is 458 g/mol. The highest BCUT2D eigenvalue weighted by Crippen LogP contribution is 2.35. The minimum absolute atomic E-state index is 0.0965. The third kappa shape index (κ3) is 4.23. The zero-order chi connectivity index (χ0) is 23.7. The molecule has 7 heteroatoms. The molecule has 1 heterocycles. The fourth-order valence-corrected chi connectivity index (χ4v) is 3.91. The van der Waals surface area contributed by atoms with Crippen LogP contribution in [0.3, 0.4) is 0 Å². The molecule has 0 spiro atoms. The van der Waals surface area contributed by atoms with E-state index in [1.807, 2.05) is 54.0 Å². The number of hydrogen-bond acceptors (Lipinski definition) is 4. The predicted octanol–water partition coefficient (Wildman–Crippen LogP) is 5.34. The number of aromatic carboxylic acids is 1. The molecule has 0 aliphatic carbocycles. The van der Waals surface area contributed by atoms with Gasteiger partial charge in [-0.3, -0.25) is 9.99 Å². The van der Waals surface area contributed by atoms with E-state index in [9.17, 15) is 9.90 Å². The first-order valence-electron chi connectivity index (χ1n) is 10.4. The molecular weight excluding hydrogens is 434 g/mol. The van der Waals surface area contributed by atoms with Crippen LogP contribution in [0.15, 0.2) is 71.8 Å². The molecule has 1 aromatic heterocycles. The van der Waals surface area contributed by atoms with Crippen LogP contribution in [0.1, 0.15) is 39.5 Å². The summed E-state index contributed by atoms with van der Waals surface area (Å²) in [7, 11) is 0. The Labute approximate surface area is 196 Å². The van der Waals surface area contributed by atoms with E-state index in [1.165, 1.54) is 17.7 Å². The van der Waals surface area contributed by atoms with Crippen molar-refractivity contribution in [3.8, 4) is 11.6 Å². The number of nitrogens with zero attached hydrogens (tertiary/aromatic N) is 2.